The van der Waals surface area contributed by atoms with Crippen molar-refractivity contribution in [1.29, 1.82) is 0 Å². The fourth-order valence-electron chi connectivity index (χ4n) is 3.50. The molecule has 2 atom stereocenters. The van der Waals surface area contributed by atoms with Crippen LogP contribution in [0.25, 0.3) is 0 Å². The Kier molecular flexibility index (Phi) is 4.64. The van der Waals surface area contributed by atoms with E-state index in [-0.39, 0.29) is 6.04 Å². The molecular weight excluding hydrogens is 288 g/mol. The molecule has 0 amide bonds. The zero-order chi connectivity index (χ0) is 16.3. The number of aromatic nitrogens is 1. The summed E-state index contributed by atoms with van der Waals surface area (Å²) in [5, 5.41) is 11.2. The molecule has 1 aromatic heterocycles. The summed E-state index contributed by atoms with van der Waals surface area (Å²) in [5.41, 5.74) is 1.29. The van der Waals surface area contributed by atoms with Gasteiger partial charge in [-0.2, -0.15) is 0 Å². The van der Waals surface area contributed by atoms with Crippen LogP contribution in [0.5, 0.6) is 5.75 Å². The first-order valence-electron chi connectivity index (χ1n) is 8.11. The van der Waals surface area contributed by atoms with Gasteiger partial charge in [-0.3, -0.25) is 9.88 Å². The minimum Gasteiger partial charge on any atom is -0.497 e. The second kappa shape index (κ2) is 6.69. The number of methoxy groups -OCH3 is 1. The van der Waals surface area contributed by atoms with Gasteiger partial charge >= 0.3 is 0 Å². The van der Waals surface area contributed by atoms with Crippen LogP contribution in [-0.4, -0.2) is 34.7 Å². The molecule has 0 radical (unpaired) electrons. The summed E-state index contributed by atoms with van der Waals surface area (Å²) in [5.74, 6) is 0.810. The van der Waals surface area contributed by atoms with Crippen LogP contribution in [0.3, 0.4) is 0 Å². The third-order valence-electron chi connectivity index (χ3n) is 4.82. The zero-order valence-corrected chi connectivity index (χ0v) is 13.8. The largest absolute Gasteiger partial charge is 0.497 e. The number of hydrogen-bond acceptors (Lipinski definition) is 4. The minimum atomic E-state index is -0.879. The molecule has 0 aliphatic carbocycles. The predicted molar refractivity (Wildman–Crippen MR) is 90.2 cm³/mol. The van der Waals surface area contributed by atoms with E-state index in [0.717, 1.165) is 37.2 Å². The number of nitrogens with zero attached hydrogens (tertiary/aromatic N) is 2. The molecule has 0 saturated carbocycles. The van der Waals surface area contributed by atoms with Gasteiger partial charge in [-0.05, 0) is 61.7 Å². The first-order chi connectivity index (χ1) is 11.1. The number of likely N-dealkylation sites (tertiary alicyclic amines) is 1. The van der Waals surface area contributed by atoms with Crippen LogP contribution in [-0.2, 0) is 12.1 Å². The van der Waals surface area contributed by atoms with E-state index in [9.17, 15) is 5.11 Å². The summed E-state index contributed by atoms with van der Waals surface area (Å²) in [4.78, 5) is 6.45. The Balaban J connectivity index is 1.79. The van der Waals surface area contributed by atoms with E-state index in [0.29, 0.717) is 0 Å². The van der Waals surface area contributed by atoms with Crippen molar-refractivity contribution in [2.45, 2.75) is 38.0 Å². The fourth-order valence-corrected chi connectivity index (χ4v) is 3.50. The average molecular weight is 312 g/mol. The standard InChI is InChI=1S/C19H24N2O2/c1-19(22,16-5-7-17(23-2)8-6-16)18-4-3-13-21(18)14-15-9-11-20-12-10-15/h5-12,18,22H,3-4,13-14H2,1-2H3. The summed E-state index contributed by atoms with van der Waals surface area (Å²) >= 11 is 0. The lowest BCUT2D eigenvalue weighted by molar-refractivity contribution is -0.0254. The van der Waals surface area contributed by atoms with Crippen molar-refractivity contribution in [1.82, 2.24) is 9.88 Å². The quantitative estimate of drug-likeness (QED) is 0.922. The molecule has 1 saturated heterocycles. The summed E-state index contributed by atoms with van der Waals surface area (Å²) in [6.07, 6.45) is 5.76. The van der Waals surface area contributed by atoms with E-state index >= 15 is 0 Å². The highest BCUT2D eigenvalue weighted by Gasteiger charge is 2.40. The van der Waals surface area contributed by atoms with E-state index in [2.05, 4.69) is 9.88 Å². The second-order valence-electron chi connectivity index (χ2n) is 6.36. The van der Waals surface area contributed by atoms with E-state index in [1.807, 2.05) is 55.7 Å². The van der Waals surface area contributed by atoms with Gasteiger partial charge in [-0.25, -0.2) is 0 Å². The topological polar surface area (TPSA) is 45.6 Å². The van der Waals surface area contributed by atoms with Crippen LogP contribution in [0.4, 0.5) is 0 Å². The Bertz CT molecular complexity index is 626. The Labute approximate surface area is 137 Å². The molecule has 3 rings (SSSR count). The first kappa shape index (κ1) is 16.0. The van der Waals surface area contributed by atoms with E-state index in [1.165, 1.54) is 5.56 Å². The van der Waals surface area contributed by atoms with Crippen LogP contribution in [0.2, 0.25) is 0 Å². The van der Waals surface area contributed by atoms with Crippen molar-refractivity contribution in [2.75, 3.05) is 13.7 Å². The van der Waals surface area contributed by atoms with Gasteiger partial charge < -0.3 is 9.84 Å². The maximum absolute atomic E-state index is 11.2. The van der Waals surface area contributed by atoms with Crippen LogP contribution in [0, 0.1) is 0 Å². The molecular formula is C19H24N2O2. The van der Waals surface area contributed by atoms with Crippen molar-refractivity contribution in [3.8, 4) is 5.75 Å². The zero-order valence-electron chi connectivity index (χ0n) is 13.8. The molecule has 0 spiro atoms. The van der Waals surface area contributed by atoms with Crippen LogP contribution < -0.4 is 4.74 Å². The number of benzene rings is 1. The molecule has 1 fully saturated rings. The summed E-state index contributed by atoms with van der Waals surface area (Å²) in [6.45, 7) is 3.78. The number of pyridine rings is 1. The monoisotopic (exact) mass is 312 g/mol. The molecule has 2 heterocycles. The number of ether oxygens (including phenoxy) is 1. The van der Waals surface area contributed by atoms with Gasteiger partial charge in [0.2, 0.25) is 0 Å². The normalized spacial score (nSPS) is 21.1. The van der Waals surface area contributed by atoms with Gasteiger partial charge in [-0.15, -0.1) is 0 Å². The predicted octanol–water partition coefficient (Wildman–Crippen LogP) is 2.96. The van der Waals surface area contributed by atoms with Gasteiger partial charge in [0.15, 0.2) is 0 Å². The van der Waals surface area contributed by atoms with Crippen LogP contribution >= 0.6 is 0 Å². The molecule has 23 heavy (non-hydrogen) atoms. The molecule has 4 nitrogen and oxygen atoms in total. The third-order valence-corrected chi connectivity index (χ3v) is 4.82. The lowest BCUT2D eigenvalue weighted by Crippen LogP contribution is -2.45. The molecule has 4 heteroatoms. The summed E-state index contributed by atoms with van der Waals surface area (Å²) in [7, 11) is 1.65. The van der Waals surface area contributed by atoms with Gasteiger partial charge in [-0.1, -0.05) is 12.1 Å². The van der Waals surface area contributed by atoms with E-state index in [4.69, 9.17) is 4.74 Å². The number of aliphatic hydroxyl groups is 1. The Morgan fingerprint density at radius 2 is 1.91 bits per heavy atom. The van der Waals surface area contributed by atoms with E-state index < -0.39 is 5.60 Å². The lowest BCUT2D eigenvalue weighted by atomic mass is 9.86. The highest BCUT2D eigenvalue weighted by Crippen LogP contribution is 2.36. The Morgan fingerprint density at radius 3 is 2.57 bits per heavy atom. The lowest BCUT2D eigenvalue weighted by Gasteiger charge is -2.37. The third kappa shape index (κ3) is 3.38. The maximum Gasteiger partial charge on any atom is 0.118 e. The Morgan fingerprint density at radius 1 is 1.22 bits per heavy atom. The molecule has 1 aromatic carbocycles. The molecule has 0 bridgehead atoms. The van der Waals surface area contributed by atoms with Crippen molar-refractivity contribution in [3.05, 3.63) is 59.9 Å². The number of rotatable bonds is 5. The van der Waals surface area contributed by atoms with Gasteiger partial charge in [0.1, 0.15) is 11.4 Å². The molecule has 122 valence electrons. The van der Waals surface area contributed by atoms with Crippen molar-refractivity contribution in [3.63, 3.8) is 0 Å². The van der Waals surface area contributed by atoms with Crippen LogP contribution in [0.1, 0.15) is 30.9 Å². The SMILES string of the molecule is COc1ccc(C(C)(O)C2CCCN2Cc2ccncc2)cc1. The van der Waals surface area contributed by atoms with Crippen molar-refractivity contribution in [2.24, 2.45) is 0 Å². The van der Waals surface area contributed by atoms with Gasteiger partial charge in [0.25, 0.3) is 0 Å². The molecule has 1 aliphatic rings. The first-order valence-corrected chi connectivity index (χ1v) is 8.11. The number of hydrogen-bond donors (Lipinski definition) is 1. The Hall–Kier alpha value is -1.91. The smallest absolute Gasteiger partial charge is 0.118 e. The van der Waals surface area contributed by atoms with Crippen LogP contribution in [0.15, 0.2) is 48.8 Å². The summed E-state index contributed by atoms with van der Waals surface area (Å²) in [6, 6.07) is 11.9. The highest BCUT2D eigenvalue weighted by molar-refractivity contribution is 5.32. The van der Waals surface area contributed by atoms with E-state index in [1.54, 1.807) is 7.11 Å². The second-order valence-corrected chi connectivity index (χ2v) is 6.36. The maximum atomic E-state index is 11.2. The van der Waals surface area contributed by atoms with Gasteiger partial charge in [0, 0.05) is 25.0 Å². The summed E-state index contributed by atoms with van der Waals surface area (Å²) < 4.78 is 5.21. The molecule has 2 unspecified atom stereocenters. The average Bonchev–Trinajstić information content (AvgIpc) is 3.05. The molecule has 1 N–H and O–H groups in total. The molecule has 2 aromatic rings. The van der Waals surface area contributed by atoms with Crippen molar-refractivity contribution >= 4 is 0 Å². The highest BCUT2D eigenvalue weighted by atomic mass is 16.5. The minimum absolute atomic E-state index is 0.115. The molecule has 1 aliphatic heterocycles. The van der Waals surface area contributed by atoms with Crippen molar-refractivity contribution < 1.29 is 9.84 Å². The van der Waals surface area contributed by atoms with Gasteiger partial charge in [0.05, 0.1) is 7.11 Å². The fraction of sp³-hybridized carbons (Fsp3) is 0.421.